The van der Waals surface area contributed by atoms with E-state index in [0.29, 0.717) is 29.9 Å². The average Bonchev–Trinajstić information content (AvgIpc) is 3.36. The molecular weight excluding hydrogens is 353 g/mol. The zero-order chi connectivity index (χ0) is 19.5. The lowest BCUT2D eigenvalue weighted by Gasteiger charge is -2.24. The first-order valence-corrected chi connectivity index (χ1v) is 9.07. The summed E-state index contributed by atoms with van der Waals surface area (Å²) >= 11 is 0. The van der Waals surface area contributed by atoms with E-state index in [-0.39, 0.29) is 23.6 Å². The third-order valence-electron chi connectivity index (χ3n) is 5.61. The highest BCUT2D eigenvalue weighted by Crippen LogP contribution is 2.44. The standard InChI is InChI=1S/C19H22FN3O4/c1-9-6-22(8-14(9)21)17-10(2)16-12(11-3-4-11)5-15(27-19(25)26)18(24)23(16)7-13(17)20/h5,7,9,11,14H,3-4,6,8,21H2,1-2H3,(H,25,26)/t9-,14+/m0/s1. The van der Waals surface area contributed by atoms with Gasteiger partial charge in [0.15, 0.2) is 11.6 Å². The lowest BCUT2D eigenvalue weighted by Crippen LogP contribution is -2.29. The molecule has 144 valence electrons. The van der Waals surface area contributed by atoms with Crippen LogP contribution in [0.2, 0.25) is 0 Å². The Morgan fingerprint density at radius 2 is 2.07 bits per heavy atom. The second kappa shape index (κ2) is 6.23. The number of hydrogen-bond acceptors (Lipinski definition) is 5. The van der Waals surface area contributed by atoms with Crippen molar-refractivity contribution in [2.45, 2.75) is 38.6 Å². The largest absolute Gasteiger partial charge is 0.511 e. The average molecular weight is 375 g/mol. The number of carbonyl (C=O) groups is 1. The summed E-state index contributed by atoms with van der Waals surface area (Å²) in [4.78, 5) is 25.5. The van der Waals surface area contributed by atoms with Crippen LogP contribution in [0, 0.1) is 18.7 Å². The van der Waals surface area contributed by atoms with Crippen molar-refractivity contribution in [3.05, 3.63) is 39.6 Å². The molecule has 1 saturated heterocycles. The minimum atomic E-state index is -1.57. The smallest absolute Gasteiger partial charge is 0.449 e. The number of halogens is 1. The Kier molecular flexibility index (Phi) is 4.10. The fraction of sp³-hybridized carbons (Fsp3) is 0.474. The van der Waals surface area contributed by atoms with Gasteiger partial charge in [-0.05, 0) is 48.8 Å². The van der Waals surface area contributed by atoms with Crippen LogP contribution >= 0.6 is 0 Å². The normalized spacial score (nSPS) is 22.4. The van der Waals surface area contributed by atoms with Crippen LogP contribution in [0.4, 0.5) is 14.9 Å². The van der Waals surface area contributed by atoms with Gasteiger partial charge >= 0.3 is 6.16 Å². The fourth-order valence-electron chi connectivity index (χ4n) is 4.05. The number of aryl methyl sites for hydroxylation is 1. The number of nitrogens with zero attached hydrogens (tertiary/aromatic N) is 2. The molecule has 0 spiro atoms. The van der Waals surface area contributed by atoms with Crippen LogP contribution in [0.15, 0.2) is 17.1 Å². The van der Waals surface area contributed by atoms with E-state index in [1.807, 2.05) is 11.8 Å². The number of nitrogens with two attached hydrogens (primary N) is 1. The van der Waals surface area contributed by atoms with Crippen molar-refractivity contribution in [1.29, 1.82) is 0 Å². The molecule has 7 nitrogen and oxygen atoms in total. The first-order valence-electron chi connectivity index (χ1n) is 9.07. The van der Waals surface area contributed by atoms with E-state index in [1.54, 1.807) is 6.92 Å². The monoisotopic (exact) mass is 375 g/mol. The summed E-state index contributed by atoms with van der Waals surface area (Å²) < 4.78 is 20.8. The van der Waals surface area contributed by atoms with Crippen molar-refractivity contribution >= 4 is 17.4 Å². The zero-order valence-electron chi connectivity index (χ0n) is 15.2. The number of fused-ring (bicyclic) bond motifs is 1. The Morgan fingerprint density at radius 3 is 2.63 bits per heavy atom. The number of rotatable bonds is 3. The van der Waals surface area contributed by atoms with Crippen LogP contribution in [-0.2, 0) is 0 Å². The van der Waals surface area contributed by atoms with E-state index in [9.17, 15) is 9.59 Å². The predicted molar refractivity (Wildman–Crippen MR) is 98.3 cm³/mol. The van der Waals surface area contributed by atoms with E-state index in [1.165, 1.54) is 10.5 Å². The van der Waals surface area contributed by atoms with Crippen LogP contribution in [0.1, 0.15) is 36.8 Å². The Hall–Kier alpha value is -2.61. The molecule has 2 aromatic heterocycles. The van der Waals surface area contributed by atoms with Crippen molar-refractivity contribution in [3.8, 4) is 5.75 Å². The molecule has 1 aliphatic heterocycles. The van der Waals surface area contributed by atoms with Gasteiger partial charge in [-0.25, -0.2) is 9.18 Å². The minimum Gasteiger partial charge on any atom is -0.449 e. The number of carboxylic acid groups (broad SMARTS) is 1. The molecule has 0 amide bonds. The van der Waals surface area contributed by atoms with Gasteiger partial charge in [-0.2, -0.15) is 0 Å². The highest BCUT2D eigenvalue weighted by atomic mass is 19.1. The van der Waals surface area contributed by atoms with Crippen molar-refractivity contribution < 1.29 is 19.0 Å². The van der Waals surface area contributed by atoms with Gasteiger partial charge in [-0.1, -0.05) is 6.92 Å². The summed E-state index contributed by atoms with van der Waals surface area (Å²) in [5, 5.41) is 8.89. The fourth-order valence-corrected chi connectivity index (χ4v) is 4.05. The van der Waals surface area contributed by atoms with Crippen LogP contribution in [0.5, 0.6) is 5.75 Å². The first kappa shape index (κ1) is 17.8. The van der Waals surface area contributed by atoms with Crippen molar-refractivity contribution in [3.63, 3.8) is 0 Å². The third-order valence-corrected chi connectivity index (χ3v) is 5.61. The topological polar surface area (TPSA) is 97.3 Å². The molecule has 0 unspecified atom stereocenters. The highest BCUT2D eigenvalue weighted by molar-refractivity contribution is 5.74. The molecule has 2 fully saturated rings. The first-order chi connectivity index (χ1) is 12.8. The summed E-state index contributed by atoms with van der Waals surface area (Å²) in [6, 6.07) is 1.47. The van der Waals surface area contributed by atoms with Crippen LogP contribution in [-0.4, -0.2) is 34.8 Å². The number of anilines is 1. The van der Waals surface area contributed by atoms with Crippen LogP contribution in [0.3, 0.4) is 0 Å². The lowest BCUT2D eigenvalue weighted by molar-refractivity contribution is 0.143. The molecular formula is C19H22FN3O4. The SMILES string of the molecule is Cc1c(N2C[C@@H](N)[C@@H](C)C2)c(F)cn2c(=O)c(OC(=O)O)cc(C3CC3)c12. The molecule has 2 aromatic rings. The van der Waals surface area contributed by atoms with Crippen molar-refractivity contribution in [2.75, 3.05) is 18.0 Å². The summed E-state index contributed by atoms with van der Waals surface area (Å²) in [5.74, 6) is -0.368. The van der Waals surface area contributed by atoms with Crippen LogP contribution < -0.4 is 20.9 Å². The summed E-state index contributed by atoms with van der Waals surface area (Å²) in [7, 11) is 0. The van der Waals surface area contributed by atoms with Crippen LogP contribution in [0.25, 0.3) is 5.52 Å². The summed E-state index contributed by atoms with van der Waals surface area (Å²) in [6.07, 6.45) is 1.45. The molecule has 0 bridgehead atoms. The van der Waals surface area contributed by atoms with E-state index < -0.39 is 17.5 Å². The van der Waals surface area contributed by atoms with Crippen molar-refractivity contribution in [2.24, 2.45) is 11.7 Å². The second-order valence-electron chi connectivity index (χ2n) is 7.63. The Bertz CT molecular complexity index is 989. The maximum Gasteiger partial charge on any atom is 0.511 e. The molecule has 3 heterocycles. The Balaban J connectivity index is 1.96. The second-order valence-corrected chi connectivity index (χ2v) is 7.63. The molecule has 8 heteroatoms. The van der Waals surface area contributed by atoms with Gasteiger partial charge in [0.25, 0.3) is 5.56 Å². The molecule has 3 N–H and O–H groups in total. The lowest BCUT2D eigenvalue weighted by atomic mass is 10.0. The molecule has 4 rings (SSSR count). The molecule has 2 atom stereocenters. The quantitative estimate of drug-likeness (QED) is 0.800. The Morgan fingerprint density at radius 1 is 1.37 bits per heavy atom. The molecule has 2 aliphatic rings. The molecule has 0 aromatic carbocycles. The number of ether oxygens (including phenoxy) is 1. The number of pyridine rings is 2. The third kappa shape index (κ3) is 2.93. The minimum absolute atomic E-state index is 0.0311. The van der Waals surface area contributed by atoms with E-state index in [4.69, 9.17) is 10.8 Å². The van der Waals surface area contributed by atoms with Crippen molar-refractivity contribution in [1.82, 2.24) is 4.40 Å². The maximum absolute atomic E-state index is 15.0. The van der Waals surface area contributed by atoms with E-state index in [0.717, 1.165) is 24.6 Å². The molecule has 1 aliphatic carbocycles. The number of aromatic nitrogens is 1. The molecule has 27 heavy (non-hydrogen) atoms. The van der Waals surface area contributed by atoms with E-state index in [2.05, 4.69) is 4.74 Å². The maximum atomic E-state index is 15.0. The van der Waals surface area contributed by atoms with Gasteiger partial charge in [0.05, 0.1) is 17.4 Å². The molecule has 1 saturated carbocycles. The predicted octanol–water partition coefficient (Wildman–Crippen LogP) is 2.46. The highest BCUT2D eigenvalue weighted by Gasteiger charge is 2.33. The number of hydrogen-bond donors (Lipinski definition) is 2. The van der Waals surface area contributed by atoms with Gasteiger partial charge in [0, 0.05) is 19.1 Å². The zero-order valence-corrected chi connectivity index (χ0v) is 15.2. The van der Waals surface area contributed by atoms with Gasteiger partial charge in [0.1, 0.15) is 0 Å². The summed E-state index contributed by atoms with van der Waals surface area (Å²) in [6.45, 7) is 5.04. The summed E-state index contributed by atoms with van der Waals surface area (Å²) in [5.41, 5.74) is 8.00. The van der Waals surface area contributed by atoms with Gasteiger partial charge in [-0.15, -0.1) is 0 Å². The van der Waals surface area contributed by atoms with Gasteiger partial charge in [0.2, 0.25) is 0 Å². The van der Waals surface area contributed by atoms with E-state index >= 15 is 4.39 Å². The van der Waals surface area contributed by atoms with Gasteiger partial charge < -0.3 is 20.5 Å². The molecule has 0 radical (unpaired) electrons. The Labute approximate surface area is 155 Å². The van der Waals surface area contributed by atoms with Gasteiger partial charge in [-0.3, -0.25) is 9.20 Å².